The van der Waals surface area contributed by atoms with Gasteiger partial charge in [-0.15, -0.1) is 0 Å². The summed E-state index contributed by atoms with van der Waals surface area (Å²) in [6.45, 7) is 1.54. The van der Waals surface area contributed by atoms with E-state index in [2.05, 4.69) is 9.88 Å². The molecule has 164 valence electrons. The average Bonchev–Trinajstić information content (AvgIpc) is 3.27. The van der Waals surface area contributed by atoms with Crippen molar-refractivity contribution in [2.75, 3.05) is 45.6 Å². The molecule has 1 aliphatic heterocycles. The number of hydrogen-bond acceptors (Lipinski definition) is 8. The molecule has 1 aliphatic rings. The molecule has 0 saturated carbocycles. The lowest BCUT2D eigenvalue weighted by molar-refractivity contribution is 0.121. The first-order valence-corrected chi connectivity index (χ1v) is 11.6. The van der Waals surface area contributed by atoms with E-state index in [1.54, 1.807) is 33.6 Å². The van der Waals surface area contributed by atoms with Crippen molar-refractivity contribution in [3.63, 3.8) is 0 Å². The van der Waals surface area contributed by atoms with E-state index in [0.29, 0.717) is 38.0 Å². The molecule has 3 aromatic rings. The largest absolute Gasteiger partial charge is 0.495 e. The normalized spacial score (nSPS) is 16.2. The van der Waals surface area contributed by atoms with E-state index >= 15 is 0 Å². The molecule has 0 radical (unpaired) electrons. The van der Waals surface area contributed by atoms with Crippen molar-refractivity contribution in [2.24, 2.45) is 0 Å². The monoisotopic (exact) mass is 480 g/mol. The molecule has 2 aromatic heterocycles. The Bertz CT molecular complexity index is 1100. The number of methoxy groups -OCH3 is 3. The molecule has 4 rings (SSSR count). The number of thioether (sulfide) groups is 1. The lowest BCUT2D eigenvalue weighted by Crippen LogP contribution is -2.23. The first-order valence-electron chi connectivity index (χ1n) is 9.60. The zero-order valence-corrected chi connectivity index (χ0v) is 19.9. The third-order valence-corrected chi connectivity index (χ3v) is 6.63. The summed E-state index contributed by atoms with van der Waals surface area (Å²) in [5, 5.41) is 2.25. The molecule has 0 spiro atoms. The number of anilines is 1. The van der Waals surface area contributed by atoms with E-state index < -0.39 is 0 Å². The van der Waals surface area contributed by atoms with Gasteiger partial charge in [0.25, 0.3) is 0 Å². The first kappa shape index (κ1) is 22.2. The number of nitrogens with zero attached hydrogens (tertiary/aromatic N) is 4. The van der Waals surface area contributed by atoms with Crippen molar-refractivity contribution in [2.45, 2.75) is 17.7 Å². The van der Waals surface area contributed by atoms with E-state index in [1.807, 2.05) is 12.3 Å². The molecule has 1 aromatic carbocycles. The van der Waals surface area contributed by atoms with Crippen LogP contribution in [-0.4, -0.2) is 61.7 Å². The SMILES string of the molecule is COc1cc(OC)c(Cl)c(-c2cc3cnc(SC)nc3c(N3CCC(OC)C3)n2)c1Cl. The molecule has 7 nitrogen and oxygen atoms in total. The Morgan fingerprint density at radius 2 is 1.77 bits per heavy atom. The van der Waals surface area contributed by atoms with Crippen molar-refractivity contribution in [3.8, 4) is 22.8 Å². The quantitative estimate of drug-likeness (QED) is 0.362. The topological polar surface area (TPSA) is 69.6 Å². The van der Waals surface area contributed by atoms with Gasteiger partial charge in [-0.05, 0) is 18.7 Å². The second-order valence-corrected chi connectivity index (χ2v) is 8.53. The van der Waals surface area contributed by atoms with Crippen LogP contribution in [0.2, 0.25) is 10.0 Å². The maximum Gasteiger partial charge on any atom is 0.187 e. The average molecular weight is 481 g/mol. The summed E-state index contributed by atoms with van der Waals surface area (Å²) < 4.78 is 16.4. The fraction of sp³-hybridized carbons (Fsp3) is 0.381. The van der Waals surface area contributed by atoms with Gasteiger partial charge in [0.05, 0.1) is 36.1 Å². The lowest BCUT2D eigenvalue weighted by Gasteiger charge is -2.21. The summed E-state index contributed by atoms with van der Waals surface area (Å²) in [4.78, 5) is 16.3. The number of ether oxygens (including phenoxy) is 3. The number of aromatic nitrogens is 3. The van der Waals surface area contributed by atoms with Crippen molar-refractivity contribution < 1.29 is 14.2 Å². The number of fused-ring (bicyclic) bond motifs is 1. The van der Waals surface area contributed by atoms with Crippen molar-refractivity contribution in [3.05, 3.63) is 28.4 Å². The highest BCUT2D eigenvalue weighted by molar-refractivity contribution is 7.98. The standard InChI is InChI=1S/C21H22Cl2N4O3S/c1-28-12-5-6-27(10-12)20-19-11(9-24-21(26-19)31-4)7-13(25-20)16-17(22)14(29-2)8-15(30-3)18(16)23/h7-9,12H,5-6,10H2,1-4H3. The van der Waals surface area contributed by atoms with Gasteiger partial charge >= 0.3 is 0 Å². The van der Waals surface area contributed by atoms with E-state index in [4.69, 9.17) is 47.4 Å². The zero-order chi connectivity index (χ0) is 22.1. The molecule has 1 fully saturated rings. The Morgan fingerprint density at radius 1 is 1.06 bits per heavy atom. The van der Waals surface area contributed by atoms with Crippen LogP contribution in [-0.2, 0) is 4.74 Å². The Labute approximate surface area is 195 Å². The Hall–Kier alpha value is -2.00. The lowest BCUT2D eigenvalue weighted by atomic mass is 10.1. The third-order valence-electron chi connectivity index (χ3n) is 5.32. The van der Waals surface area contributed by atoms with E-state index in [-0.39, 0.29) is 6.10 Å². The fourth-order valence-electron chi connectivity index (χ4n) is 3.68. The number of benzene rings is 1. The summed E-state index contributed by atoms with van der Waals surface area (Å²) in [7, 11) is 4.82. The predicted molar refractivity (Wildman–Crippen MR) is 125 cm³/mol. The Balaban J connectivity index is 1.97. The van der Waals surface area contributed by atoms with Crippen LogP contribution in [0.1, 0.15) is 6.42 Å². The minimum Gasteiger partial charge on any atom is -0.495 e. The van der Waals surface area contributed by atoms with Crippen LogP contribution < -0.4 is 14.4 Å². The molecule has 3 heterocycles. The van der Waals surface area contributed by atoms with Gasteiger partial charge in [0, 0.05) is 43.4 Å². The van der Waals surface area contributed by atoms with E-state index in [0.717, 1.165) is 36.2 Å². The molecule has 0 bridgehead atoms. The van der Waals surface area contributed by atoms with Crippen LogP contribution in [0.3, 0.4) is 0 Å². The minimum absolute atomic E-state index is 0.145. The van der Waals surface area contributed by atoms with Crippen LogP contribution in [0.4, 0.5) is 5.82 Å². The highest BCUT2D eigenvalue weighted by Gasteiger charge is 2.27. The summed E-state index contributed by atoms with van der Waals surface area (Å²) in [6.07, 6.45) is 4.80. The molecule has 1 saturated heterocycles. The number of rotatable bonds is 6. The highest BCUT2D eigenvalue weighted by Crippen LogP contribution is 2.46. The summed E-state index contributed by atoms with van der Waals surface area (Å²) in [5.41, 5.74) is 1.91. The summed E-state index contributed by atoms with van der Waals surface area (Å²) in [5.74, 6) is 1.66. The summed E-state index contributed by atoms with van der Waals surface area (Å²) in [6, 6.07) is 3.55. The van der Waals surface area contributed by atoms with Crippen LogP contribution in [0.5, 0.6) is 11.5 Å². The highest BCUT2D eigenvalue weighted by atomic mass is 35.5. The Kier molecular flexibility index (Phi) is 6.62. The number of pyridine rings is 1. The molecular weight excluding hydrogens is 459 g/mol. The van der Waals surface area contributed by atoms with Gasteiger partial charge in [0.15, 0.2) is 11.0 Å². The van der Waals surface area contributed by atoms with E-state index in [1.165, 1.54) is 11.8 Å². The van der Waals surface area contributed by atoms with Crippen molar-refractivity contribution >= 4 is 51.7 Å². The van der Waals surface area contributed by atoms with Crippen molar-refractivity contribution in [1.29, 1.82) is 0 Å². The number of hydrogen-bond donors (Lipinski definition) is 0. The maximum atomic E-state index is 6.66. The maximum absolute atomic E-state index is 6.66. The smallest absolute Gasteiger partial charge is 0.187 e. The van der Waals surface area contributed by atoms with Crippen molar-refractivity contribution in [1.82, 2.24) is 15.0 Å². The van der Waals surface area contributed by atoms with Crippen LogP contribution in [0.15, 0.2) is 23.5 Å². The summed E-state index contributed by atoms with van der Waals surface area (Å²) >= 11 is 14.8. The molecule has 0 aliphatic carbocycles. The number of halogens is 2. The zero-order valence-electron chi connectivity index (χ0n) is 17.6. The first-order chi connectivity index (χ1) is 15.0. The van der Waals surface area contributed by atoms with Gasteiger partial charge in [-0.2, -0.15) is 0 Å². The van der Waals surface area contributed by atoms with Gasteiger partial charge < -0.3 is 19.1 Å². The molecule has 1 atom stereocenters. The van der Waals surface area contributed by atoms with Crippen LogP contribution >= 0.6 is 35.0 Å². The van der Waals surface area contributed by atoms with Gasteiger partial charge in [-0.1, -0.05) is 35.0 Å². The third kappa shape index (κ3) is 4.09. The molecule has 0 N–H and O–H groups in total. The molecule has 0 amide bonds. The molecule has 1 unspecified atom stereocenters. The second-order valence-electron chi connectivity index (χ2n) is 7.00. The molecule has 31 heavy (non-hydrogen) atoms. The molecule has 10 heteroatoms. The second kappa shape index (κ2) is 9.24. The van der Waals surface area contributed by atoms with E-state index in [9.17, 15) is 0 Å². The van der Waals surface area contributed by atoms with Crippen LogP contribution in [0.25, 0.3) is 22.2 Å². The molecular formula is C21H22Cl2N4O3S. The minimum atomic E-state index is 0.145. The van der Waals surface area contributed by atoms with Gasteiger partial charge in [0.2, 0.25) is 0 Å². The predicted octanol–water partition coefficient (Wildman–Crippen LogP) is 4.96. The fourth-order valence-corrected chi connectivity index (χ4v) is 4.71. The Morgan fingerprint density at radius 3 is 2.35 bits per heavy atom. The van der Waals surface area contributed by atoms with Gasteiger partial charge in [-0.3, -0.25) is 0 Å². The van der Waals surface area contributed by atoms with Gasteiger partial charge in [0.1, 0.15) is 17.0 Å². The van der Waals surface area contributed by atoms with Gasteiger partial charge in [-0.25, -0.2) is 15.0 Å². The van der Waals surface area contributed by atoms with Crippen LogP contribution in [0, 0.1) is 0 Å².